The summed E-state index contributed by atoms with van der Waals surface area (Å²) in [5.41, 5.74) is 6.71. The molecule has 0 N–H and O–H groups in total. The normalized spacial score (nSPS) is 14.7. The Bertz CT molecular complexity index is 1140. The van der Waals surface area contributed by atoms with Gasteiger partial charge in [0.1, 0.15) is 5.75 Å². The summed E-state index contributed by atoms with van der Waals surface area (Å²) in [5.74, 6) is 1.90. The number of aryl methyl sites for hydroxylation is 5. The molecule has 6 nitrogen and oxygen atoms in total. The molecule has 1 fully saturated rings. The van der Waals surface area contributed by atoms with E-state index in [4.69, 9.17) is 9.72 Å². The summed E-state index contributed by atoms with van der Waals surface area (Å²) in [5, 5.41) is 5.66. The van der Waals surface area contributed by atoms with Crippen LogP contribution in [0.25, 0.3) is 11.0 Å². The van der Waals surface area contributed by atoms with E-state index >= 15 is 0 Å². The molecule has 0 bridgehead atoms. The van der Waals surface area contributed by atoms with Gasteiger partial charge in [-0.05, 0) is 94.5 Å². The van der Waals surface area contributed by atoms with Crippen molar-refractivity contribution in [2.75, 3.05) is 19.7 Å². The maximum absolute atomic E-state index is 13.0. The van der Waals surface area contributed by atoms with Crippen molar-refractivity contribution in [1.82, 2.24) is 19.7 Å². The number of benzene rings is 1. The number of carbonyl (C=O) groups is 1. The van der Waals surface area contributed by atoms with Gasteiger partial charge in [0.05, 0.1) is 12.3 Å². The Morgan fingerprint density at radius 1 is 1.06 bits per heavy atom. The van der Waals surface area contributed by atoms with Crippen molar-refractivity contribution in [2.45, 2.75) is 66.2 Å². The predicted molar refractivity (Wildman–Crippen MR) is 136 cm³/mol. The van der Waals surface area contributed by atoms with Crippen LogP contribution in [0.15, 0.2) is 24.3 Å². The monoisotopic (exact) mass is 462 g/mol. The number of nitrogens with zero attached hydrogens (tertiary/aromatic N) is 4. The Labute approximate surface area is 203 Å². The molecule has 3 heterocycles. The Morgan fingerprint density at radius 2 is 1.76 bits per heavy atom. The van der Waals surface area contributed by atoms with Crippen LogP contribution in [0.1, 0.15) is 60.7 Å². The van der Waals surface area contributed by atoms with Crippen molar-refractivity contribution < 1.29 is 9.53 Å². The number of hydrogen-bond donors (Lipinski definition) is 0. The smallest absolute Gasteiger partial charge is 0.222 e. The summed E-state index contributed by atoms with van der Waals surface area (Å²) in [6.07, 6.45) is 5.76. The van der Waals surface area contributed by atoms with Gasteiger partial charge < -0.3 is 9.64 Å². The Hall–Kier alpha value is -2.89. The van der Waals surface area contributed by atoms with Gasteiger partial charge in [0, 0.05) is 37.6 Å². The lowest BCUT2D eigenvalue weighted by Gasteiger charge is -2.32. The molecule has 2 aromatic heterocycles. The van der Waals surface area contributed by atoms with Crippen molar-refractivity contribution in [3.63, 3.8) is 0 Å². The third kappa shape index (κ3) is 5.26. The third-order valence-electron chi connectivity index (χ3n) is 7.36. The molecule has 0 aliphatic carbocycles. The first-order valence-corrected chi connectivity index (χ1v) is 12.7. The van der Waals surface area contributed by atoms with E-state index in [0.29, 0.717) is 18.9 Å². The molecule has 0 atom stereocenters. The Morgan fingerprint density at radius 3 is 2.44 bits per heavy atom. The van der Waals surface area contributed by atoms with E-state index in [-0.39, 0.29) is 5.91 Å². The van der Waals surface area contributed by atoms with E-state index in [1.165, 1.54) is 23.1 Å². The number of hydrogen-bond acceptors (Lipinski definition) is 4. The second kappa shape index (κ2) is 10.6. The third-order valence-corrected chi connectivity index (χ3v) is 7.36. The molecule has 1 amide bonds. The van der Waals surface area contributed by atoms with Crippen molar-refractivity contribution in [2.24, 2.45) is 13.0 Å². The fraction of sp³-hybridized carbons (Fsp3) is 0.536. The van der Waals surface area contributed by atoms with Gasteiger partial charge in [0.25, 0.3) is 0 Å². The number of piperidine rings is 1. The molecule has 34 heavy (non-hydrogen) atoms. The van der Waals surface area contributed by atoms with Gasteiger partial charge in [0.2, 0.25) is 5.91 Å². The van der Waals surface area contributed by atoms with E-state index in [1.807, 2.05) is 32.5 Å². The first kappa shape index (κ1) is 24.2. The lowest BCUT2D eigenvalue weighted by Crippen LogP contribution is -2.38. The van der Waals surface area contributed by atoms with E-state index < -0.39 is 0 Å². The van der Waals surface area contributed by atoms with Crippen LogP contribution in [0.5, 0.6) is 5.75 Å². The Kier molecular flexibility index (Phi) is 7.54. The van der Waals surface area contributed by atoms with Crippen LogP contribution < -0.4 is 4.74 Å². The highest BCUT2D eigenvalue weighted by atomic mass is 16.5. The molecule has 182 valence electrons. The van der Waals surface area contributed by atoms with Crippen LogP contribution in [0.2, 0.25) is 0 Å². The maximum Gasteiger partial charge on any atom is 0.222 e. The highest BCUT2D eigenvalue weighted by molar-refractivity contribution is 5.84. The van der Waals surface area contributed by atoms with Gasteiger partial charge >= 0.3 is 0 Å². The highest BCUT2D eigenvalue weighted by Crippen LogP contribution is 2.27. The molecule has 1 saturated heterocycles. The number of likely N-dealkylation sites (tertiary alicyclic amines) is 1. The number of pyridine rings is 1. The first-order chi connectivity index (χ1) is 16.4. The highest BCUT2D eigenvalue weighted by Gasteiger charge is 2.23. The van der Waals surface area contributed by atoms with Crippen molar-refractivity contribution in [3.05, 3.63) is 52.3 Å². The molecule has 0 unspecified atom stereocenters. The largest absolute Gasteiger partial charge is 0.494 e. The number of amides is 1. The summed E-state index contributed by atoms with van der Waals surface area (Å²) < 4.78 is 7.38. The Balaban J connectivity index is 1.27. The molecule has 0 spiro atoms. The molecular formula is C28H38N4O2. The molecular weight excluding hydrogens is 424 g/mol. The lowest BCUT2D eigenvalue weighted by molar-refractivity contribution is -0.132. The van der Waals surface area contributed by atoms with Crippen LogP contribution in [0.3, 0.4) is 0 Å². The van der Waals surface area contributed by atoms with Gasteiger partial charge in [-0.25, -0.2) is 4.98 Å². The molecule has 1 aromatic carbocycles. The average molecular weight is 463 g/mol. The number of carbonyl (C=O) groups excluding carboxylic acids is 1. The number of ether oxygens (including phenoxy) is 1. The maximum atomic E-state index is 13.0. The first-order valence-electron chi connectivity index (χ1n) is 12.7. The van der Waals surface area contributed by atoms with E-state index in [2.05, 4.69) is 41.2 Å². The van der Waals surface area contributed by atoms with Gasteiger partial charge in [0.15, 0.2) is 5.65 Å². The van der Waals surface area contributed by atoms with Crippen molar-refractivity contribution in [3.8, 4) is 5.75 Å². The predicted octanol–water partition coefficient (Wildman–Crippen LogP) is 5.10. The van der Waals surface area contributed by atoms with Crippen molar-refractivity contribution in [1.29, 1.82) is 0 Å². The van der Waals surface area contributed by atoms with E-state index in [0.717, 1.165) is 66.9 Å². The van der Waals surface area contributed by atoms with Crippen molar-refractivity contribution >= 4 is 16.9 Å². The van der Waals surface area contributed by atoms with Crippen LogP contribution in [0.4, 0.5) is 0 Å². The number of aromatic nitrogens is 3. The minimum atomic E-state index is 0.270. The zero-order valence-electron chi connectivity index (χ0n) is 21.4. The molecule has 0 radical (unpaired) electrons. The van der Waals surface area contributed by atoms with Gasteiger partial charge in [-0.15, -0.1) is 0 Å². The molecule has 6 heteroatoms. The van der Waals surface area contributed by atoms with Crippen LogP contribution >= 0.6 is 0 Å². The fourth-order valence-corrected chi connectivity index (χ4v) is 5.38. The standard InChI is InChI=1S/C28H38N4O2/c1-6-34-24-11-9-22(10-12-24)7-8-23-15-17-32(18-16-23)26(33)14-13-25-19(2)27-21(4)30-31(5)28(27)29-20(25)3/h9-12,23H,6-8,13-18H2,1-5H3. The molecule has 0 saturated carbocycles. The van der Waals surface area contributed by atoms with Gasteiger partial charge in [-0.1, -0.05) is 12.1 Å². The minimum Gasteiger partial charge on any atom is -0.494 e. The molecule has 1 aliphatic heterocycles. The van der Waals surface area contributed by atoms with Crippen LogP contribution in [-0.2, 0) is 24.7 Å². The minimum absolute atomic E-state index is 0.270. The molecule has 4 rings (SSSR count). The topological polar surface area (TPSA) is 60.2 Å². The van der Waals surface area contributed by atoms with Crippen LogP contribution in [0, 0.1) is 26.7 Å². The van der Waals surface area contributed by atoms with E-state index in [9.17, 15) is 4.79 Å². The van der Waals surface area contributed by atoms with Gasteiger partial charge in [-0.2, -0.15) is 5.10 Å². The molecule has 3 aromatic rings. The number of fused-ring (bicyclic) bond motifs is 1. The summed E-state index contributed by atoms with van der Waals surface area (Å²) in [6, 6.07) is 8.47. The van der Waals surface area contributed by atoms with Crippen LogP contribution in [-0.4, -0.2) is 45.3 Å². The second-order valence-electron chi connectivity index (χ2n) is 9.65. The summed E-state index contributed by atoms with van der Waals surface area (Å²) in [4.78, 5) is 19.8. The average Bonchev–Trinajstić information content (AvgIpc) is 3.11. The quantitative estimate of drug-likeness (QED) is 0.467. The SMILES string of the molecule is CCOc1ccc(CCC2CCN(C(=O)CCc3c(C)nc4c(c(C)nn4C)c3C)CC2)cc1. The molecule has 1 aliphatic rings. The second-order valence-corrected chi connectivity index (χ2v) is 9.65. The van der Waals surface area contributed by atoms with Gasteiger partial charge in [-0.3, -0.25) is 9.48 Å². The fourth-order valence-electron chi connectivity index (χ4n) is 5.38. The zero-order chi connectivity index (χ0) is 24.2. The number of rotatable bonds is 8. The summed E-state index contributed by atoms with van der Waals surface area (Å²) in [7, 11) is 1.94. The zero-order valence-corrected chi connectivity index (χ0v) is 21.4. The summed E-state index contributed by atoms with van der Waals surface area (Å²) in [6.45, 7) is 10.7. The summed E-state index contributed by atoms with van der Waals surface area (Å²) >= 11 is 0. The lowest BCUT2D eigenvalue weighted by atomic mass is 9.90. The van der Waals surface area contributed by atoms with E-state index in [1.54, 1.807) is 0 Å².